The zero-order valence-electron chi connectivity index (χ0n) is 11.8. The number of hydrogen-bond acceptors (Lipinski definition) is 2. The smallest absolute Gasteiger partial charge is 0.348 e. The number of aromatic amines is 1. The van der Waals surface area contributed by atoms with Gasteiger partial charge in [-0.2, -0.15) is 18.3 Å². The Kier molecular flexibility index (Phi) is 4.20. The van der Waals surface area contributed by atoms with Crippen LogP contribution in [-0.2, 0) is 12.7 Å². The first kappa shape index (κ1) is 16.0. The lowest BCUT2D eigenvalue weighted by molar-refractivity contribution is -0.137. The van der Waals surface area contributed by atoms with Crippen molar-refractivity contribution >= 4 is 5.91 Å². The minimum absolute atomic E-state index is 0.0443. The van der Waals surface area contributed by atoms with Crippen LogP contribution < -0.4 is 5.32 Å². The number of halogens is 4. The molecule has 0 aliphatic rings. The van der Waals surface area contributed by atoms with Gasteiger partial charge in [0.05, 0.1) is 16.8 Å². The molecule has 0 aliphatic carbocycles. The quantitative estimate of drug-likeness (QED) is 0.855. The van der Waals surface area contributed by atoms with Crippen molar-refractivity contribution in [1.29, 1.82) is 0 Å². The van der Waals surface area contributed by atoms with Gasteiger partial charge >= 0.3 is 6.18 Å². The minimum Gasteiger partial charge on any atom is -0.348 e. The first-order chi connectivity index (χ1) is 10.2. The molecule has 1 amide bonds. The van der Waals surface area contributed by atoms with Crippen LogP contribution >= 0.6 is 0 Å². The summed E-state index contributed by atoms with van der Waals surface area (Å²) in [6.45, 7) is 3.50. The Balaban J connectivity index is 2.19. The van der Waals surface area contributed by atoms with Crippen LogP contribution in [0.1, 0.15) is 32.9 Å². The molecule has 2 N–H and O–H groups in total. The molecule has 0 radical (unpaired) electrons. The average Bonchev–Trinajstić information content (AvgIpc) is 2.74. The number of carbonyl (C=O) groups excluding carboxylic acids is 1. The summed E-state index contributed by atoms with van der Waals surface area (Å²) in [5.74, 6) is -1.92. The molecule has 0 bridgehead atoms. The van der Waals surface area contributed by atoms with Gasteiger partial charge in [-0.3, -0.25) is 9.89 Å². The lowest BCUT2D eigenvalue weighted by atomic mass is 10.1. The van der Waals surface area contributed by atoms with Gasteiger partial charge in [-0.15, -0.1) is 0 Å². The van der Waals surface area contributed by atoms with E-state index in [1.807, 2.05) is 0 Å². The van der Waals surface area contributed by atoms with Crippen molar-refractivity contribution < 1.29 is 22.4 Å². The van der Waals surface area contributed by atoms with Gasteiger partial charge < -0.3 is 5.32 Å². The molecule has 1 aromatic heterocycles. The normalized spacial score (nSPS) is 11.5. The van der Waals surface area contributed by atoms with E-state index in [1.54, 1.807) is 13.8 Å². The van der Waals surface area contributed by atoms with Gasteiger partial charge in [0.15, 0.2) is 0 Å². The van der Waals surface area contributed by atoms with Crippen LogP contribution in [0.15, 0.2) is 18.2 Å². The molecule has 1 heterocycles. The first-order valence-corrected chi connectivity index (χ1v) is 6.35. The summed E-state index contributed by atoms with van der Waals surface area (Å²) >= 11 is 0. The van der Waals surface area contributed by atoms with Crippen molar-refractivity contribution in [3.05, 3.63) is 52.1 Å². The second kappa shape index (κ2) is 5.78. The Hall–Kier alpha value is -2.38. The Labute approximate surface area is 123 Å². The van der Waals surface area contributed by atoms with Crippen LogP contribution in [-0.4, -0.2) is 16.1 Å². The van der Waals surface area contributed by atoms with E-state index >= 15 is 0 Å². The van der Waals surface area contributed by atoms with Gasteiger partial charge in [0.25, 0.3) is 5.91 Å². The molecule has 0 saturated carbocycles. The van der Waals surface area contributed by atoms with E-state index in [1.165, 1.54) is 0 Å². The van der Waals surface area contributed by atoms with Gasteiger partial charge in [-0.25, -0.2) is 4.39 Å². The largest absolute Gasteiger partial charge is 0.416 e. The van der Waals surface area contributed by atoms with Crippen LogP contribution in [0, 0.1) is 19.7 Å². The number of H-pyrrole nitrogens is 1. The molecule has 1 aromatic carbocycles. The van der Waals surface area contributed by atoms with Crippen LogP contribution in [0.25, 0.3) is 0 Å². The lowest BCUT2D eigenvalue weighted by Gasteiger charge is -2.10. The summed E-state index contributed by atoms with van der Waals surface area (Å²) in [5, 5.41) is 9.04. The predicted octanol–water partition coefficient (Wildman–Crippen LogP) is 3.11. The summed E-state index contributed by atoms with van der Waals surface area (Å²) < 4.78 is 51.4. The number of nitrogens with one attached hydrogen (secondary N) is 2. The third-order valence-electron chi connectivity index (χ3n) is 3.24. The van der Waals surface area contributed by atoms with Crippen LogP contribution in [0.2, 0.25) is 0 Å². The second-order valence-electron chi connectivity index (χ2n) is 4.79. The Morgan fingerprint density at radius 1 is 1.32 bits per heavy atom. The molecule has 2 aromatic rings. The van der Waals surface area contributed by atoms with Gasteiger partial charge in [-0.05, 0) is 32.0 Å². The molecule has 22 heavy (non-hydrogen) atoms. The van der Waals surface area contributed by atoms with Crippen molar-refractivity contribution in [2.75, 3.05) is 0 Å². The van der Waals surface area contributed by atoms with E-state index in [0.717, 1.165) is 5.69 Å². The average molecular weight is 315 g/mol. The SMILES string of the molecule is Cc1n[nH]c(C)c1CNC(=O)c1cc(C(F)(F)F)ccc1F. The molecule has 118 valence electrons. The molecule has 0 fully saturated rings. The number of aryl methyl sites for hydroxylation is 2. The fraction of sp³-hybridized carbons (Fsp3) is 0.286. The summed E-state index contributed by atoms with van der Waals surface area (Å²) in [4.78, 5) is 11.9. The van der Waals surface area contributed by atoms with E-state index in [2.05, 4.69) is 15.5 Å². The Morgan fingerprint density at radius 3 is 2.55 bits per heavy atom. The maximum atomic E-state index is 13.6. The Morgan fingerprint density at radius 2 is 2.00 bits per heavy atom. The van der Waals surface area contributed by atoms with Gasteiger partial charge in [0, 0.05) is 17.8 Å². The summed E-state index contributed by atoms with van der Waals surface area (Å²) in [6.07, 6.45) is -4.64. The molecule has 2 rings (SSSR count). The van der Waals surface area contributed by atoms with Crippen LogP contribution in [0.4, 0.5) is 17.6 Å². The summed E-state index contributed by atoms with van der Waals surface area (Å²) in [6, 6.07) is 1.72. The van der Waals surface area contributed by atoms with E-state index in [0.29, 0.717) is 29.5 Å². The number of alkyl halides is 3. The molecule has 0 spiro atoms. The summed E-state index contributed by atoms with van der Waals surface area (Å²) in [5.41, 5.74) is 0.369. The van der Waals surface area contributed by atoms with E-state index in [4.69, 9.17) is 0 Å². The predicted molar refractivity (Wildman–Crippen MR) is 70.6 cm³/mol. The van der Waals surface area contributed by atoms with Gasteiger partial charge in [0.2, 0.25) is 0 Å². The zero-order chi connectivity index (χ0) is 16.5. The fourth-order valence-electron chi connectivity index (χ4n) is 1.97. The van der Waals surface area contributed by atoms with Crippen LogP contribution in [0.3, 0.4) is 0 Å². The number of amides is 1. The molecular weight excluding hydrogens is 302 g/mol. The topological polar surface area (TPSA) is 57.8 Å². The molecule has 0 unspecified atom stereocenters. The molecule has 0 aliphatic heterocycles. The second-order valence-corrected chi connectivity index (χ2v) is 4.79. The number of rotatable bonds is 3. The first-order valence-electron chi connectivity index (χ1n) is 6.35. The van der Waals surface area contributed by atoms with E-state index in [-0.39, 0.29) is 6.54 Å². The third-order valence-corrected chi connectivity index (χ3v) is 3.24. The monoisotopic (exact) mass is 315 g/mol. The third kappa shape index (κ3) is 3.26. The number of hydrogen-bond donors (Lipinski definition) is 2. The van der Waals surface area contributed by atoms with Gasteiger partial charge in [-0.1, -0.05) is 0 Å². The number of aromatic nitrogens is 2. The van der Waals surface area contributed by atoms with Gasteiger partial charge in [0.1, 0.15) is 5.82 Å². The highest BCUT2D eigenvalue weighted by atomic mass is 19.4. The van der Waals surface area contributed by atoms with Crippen molar-refractivity contribution in [2.24, 2.45) is 0 Å². The maximum absolute atomic E-state index is 13.6. The highest BCUT2D eigenvalue weighted by molar-refractivity contribution is 5.94. The number of benzene rings is 1. The molecule has 0 saturated heterocycles. The lowest BCUT2D eigenvalue weighted by Crippen LogP contribution is -2.25. The van der Waals surface area contributed by atoms with Crippen molar-refractivity contribution in [3.63, 3.8) is 0 Å². The molecule has 0 atom stereocenters. The van der Waals surface area contributed by atoms with Crippen molar-refractivity contribution in [1.82, 2.24) is 15.5 Å². The van der Waals surface area contributed by atoms with Crippen LogP contribution in [0.5, 0.6) is 0 Å². The zero-order valence-corrected chi connectivity index (χ0v) is 11.8. The van der Waals surface area contributed by atoms with Crippen molar-refractivity contribution in [2.45, 2.75) is 26.6 Å². The highest BCUT2D eigenvalue weighted by Crippen LogP contribution is 2.30. The number of carbonyl (C=O) groups is 1. The standard InChI is InChI=1S/C14H13F4N3O/c1-7-11(8(2)21-20-7)6-19-13(22)10-5-9(14(16,17)18)3-4-12(10)15/h3-5H,6H2,1-2H3,(H,19,22)(H,20,21). The fourth-order valence-corrected chi connectivity index (χ4v) is 1.97. The molecule has 4 nitrogen and oxygen atoms in total. The summed E-state index contributed by atoms with van der Waals surface area (Å²) in [7, 11) is 0. The highest BCUT2D eigenvalue weighted by Gasteiger charge is 2.31. The minimum atomic E-state index is -4.64. The molecule has 8 heteroatoms. The van der Waals surface area contributed by atoms with E-state index < -0.39 is 29.0 Å². The maximum Gasteiger partial charge on any atom is 0.416 e. The Bertz CT molecular complexity index is 687. The van der Waals surface area contributed by atoms with Crippen molar-refractivity contribution in [3.8, 4) is 0 Å². The molecular formula is C14H13F4N3O. The van der Waals surface area contributed by atoms with E-state index in [9.17, 15) is 22.4 Å². The number of nitrogens with zero attached hydrogens (tertiary/aromatic N) is 1.